The number of carboxylic acids is 1. The minimum Gasteiger partial charge on any atom is -0.477 e. The Labute approximate surface area is 126 Å². The second-order valence-corrected chi connectivity index (χ2v) is 6.24. The van der Waals surface area contributed by atoms with Crippen molar-refractivity contribution in [3.63, 3.8) is 0 Å². The van der Waals surface area contributed by atoms with Crippen molar-refractivity contribution in [3.05, 3.63) is 66.2 Å². The molecule has 0 spiro atoms. The molecule has 1 N–H and O–H groups in total. The smallest absolute Gasteiger partial charge is 0.346 e. The normalized spacial score (nSPS) is 10.9. The maximum atomic E-state index is 12.4. The van der Waals surface area contributed by atoms with E-state index in [1.165, 1.54) is 0 Å². The lowest BCUT2D eigenvalue weighted by Crippen LogP contribution is -2.31. The molecule has 7 heteroatoms. The maximum Gasteiger partial charge on any atom is 0.346 e. The van der Waals surface area contributed by atoms with Crippen molar-refractivity contribution >= 4 is 38.7 Å². The van der Waals surface area contributed by atoms with Gasteiger partial charge in [0.2, 0.25) is 0 Å². The van der Waals surface area contributed by atoms with E-state index < -0.39 is 11.5 Å². The average molecular weight is 319 g/mol. The molecule has 0 bridgehead atoms. The van der Waals surface area contributed by atoms with Gasteiger partial charge in [-0.25, -0.2) is 4.79 Å². The van der Waals surface area contributed by atoms with Crippen molar-refractivity contribution in [3.8, 4) is 0 Å². The van der Waals surface area contributed by atoms with Gasteiger partial charge in [-0.05, 0) is 29.1 Å². The molecule has 3 rings (SSSR count). The number of nitrogens with zero attached hydrogens (tertiary/aromatic N) is 1. The molecule has 0 aliphatic rings. The van der Waals surface area contributed by atoms with Crippen molar-refractivity contribution in [2.24, 2.45) is 0 Å². The highest BCUT2D eigenvalue weighted by Gasteiger charge is 2.15. The number of thiophene rings is 1. The summed E-state index contributed by atoms with van der Waals surface area (Å²) >= 11 is 2.06. The Bertz CT molecular complexity index is 951. The predicted molar refractivity (Wildman–Crippen MR) is 82.7 cm³/mol. The van der Waals surface area contributed by atoms with Crippen LogP contribution in [0.15, 0.2) is 45.3 Å². The SMILES string of the molecule is O=C(O)c1sccc1Cn1c(=O)sc2ccccc2c1=O. The standard InChI is InChI=1S/C14H9NO4S2/c16-12-9-3-1-2-4-10(9)21-14(19)15(12)7-8-5-6-20-11(8)13(17)18/h1-6H,7H2,(H,17,18). The molecule has 2 heterocycles. The number of aromatic carboxylic acids is 1. The van der Waals surface area contributed by atoms with Gasteiger partial charge in [0.25, 0.3) is 5.56 Å². The summed E-state index contributed by atoms with van der Waals surface area (Å²) in [5.41, 5.74) is 0.0751. The number of fused-ring (bicyclic) bond motifs is 1. The fourth-order valence-corrected chi connectivity index (χ4v) is 3.68. The van der Waals surface area contributed by atoms with E-state index >= 15 is 0 Å². The van der Waals surface area contributed by atoms with Crippen LogP contribution in [0.5, 0.6) is 0 Å². The summed E-state index contributed by atoms with van der Waals surface area (Å²) in [6.07, 6.45) is 0. The fourth-order valence-electron chi connectivity index (χ4n) is 2.06. The second-order valence-electron chi connectivity index (χ2n) is 4.34. The van der Waals surface area contributed by atoms with Gasteiger partial charge in [-0.15, -0.1) is 11.3 Å². The molecule has 0 aliphatic heterocycles. The molecule has 2 aromatic heterocycles. The van der Waals surface area contributed by atoms with E-state index in [0.717, 1.165) is 27.2 Å². The summed E-state index contributed by atoms with van der Waals surface area (Å²) in [7, 11) is 0. The van der Waals surface area contributed by atoms with Crippen LogP contribution < -0.4 is 10.4 Å². The van der Waals surface area contributed by atoms with Gasteiger partial charge >= 0.3 is 10.8 Å². The zero-order valence-electron chi connectivity index (χ0n) is 10.6. The molecule has 3 aromatic rings. The molecule has 0 saturated carbocycles. The Kier molecular flexibility index (Phi) is 3.44. The van der Waals surface area contributed by atoms with Crippen LogP contribution in [0.2, 0.25) is 0 Å². The first-order valence-corrected chi connectivity index (χ1v) is 7.70. The minimum absolute atomic E-state index is 0.0237. The minimum atomic E-state index is -1.05. The number of aromatic nitrogens is 1. The molecular formula is C14H9NO4S2. The predicted octanol–water partition coefficient (Wildman–Crippen LogP) is 2.23. The second kappa shape index (κ2) is 5.27. The third-order valence-corrected chi connectivity index (χ3v) is 4.97. The largest absolute Gasteiger partial charge is 0.477 e. The average Bonchev–Trinajstić information content (AvgIpc) is 2.92. The van der Waals surface area contributed by atoms with Gasteiger partial charge in [-0.2, -0.15) is 0 Å². The highest BCUT2D eigenvalue weighted by molar-refractivity contribution is 7.16. The number of hydrogen-bond acceptors (Lipinski definition) is 5. The van der Waals surface area contributed by atoms with E-state index in [1.54, 1.807) is 35.7 Å². The van der Waals surface area contributed by atoms with E-state index in [2.05, 4.69) is 0 Å². The zero-order valence-corrected chi connectivity index (χ0v) is 12.2. The van der Waals surface area contributed by atoms with E-state index in [4.69, 9.17) is 5.11 Å². The lowest BCUT2D eigenvalue weighted by molar-refractivity contribution is 0.0701. The van der Waals surface area contributed by atoms with Gasteiger partial charge in [0.05, 0.1) is 11.9 Å². The maximum absolute atomic E-state index is 12.4. The Balaban J connectivity index is 2.17. The summed E-state index contributed by atoms with van der Waals surface area (Å²) in [6.45, 7) is -0.0237. The summed E-state index contributed by atoms with van der Waals surface area (Å²) < 4.78 is 1.72. The van der Waals surface area contributed by atoms with E-state index in [1.807, 2.05) is 0 Å². The number of carbonyl (C=O) groups is 1. The van der Waals surface area contributed by atoms with Gasteiger partial charge in [0.15, 0.2) is 0 Å². The molecule has 5 nitrogen and oxygen atoms in total. The topological polar surface area (TPSA) is 76.4 Å². The Morgan fingerprint density at radius 2 is 1.95 bits per heavy atom. The van der Waals surface area contributed by atoms with Crippen molar-refractivity contribution in [2.45, 2.75) is 6.54 Å². The first kappa shape index (κ1) is 13.7. The number of carboxylic acid groups (broad SMARTS) is 1. The molecule has 0 atom stereocenters. The van der Waals surface area contributed by atoms with Crippen molar-refractivity contribution in [1.29, 1.82) is 0 Å². The molecule has 0 radical (unpaired) electrons. The third kappa shape index (κ3) is 2.41. The first-order chi connectivity index (χ1) is 10.1. The van der Waals surface area contributed by atoms with Gasteiger partial charge < -0.3 is 5.11 Å². The molecule has 0 fully saturated rings. The molecular weight excluding hydrogens is 310 g/mol. The van der Waals surface area contributed by atoms with E-state index in [0.29, 0.717) is 15.6 Å². The molecule has 0 unspecified atom stereocenters. The Hall–Kier alpha value is -2.25. The Morgan fingerprint density at radius 1 is 1.19 bits per heavy atom. The van der Waals surface area contributed by atoms with Crippen LogP contribution in [-0.4, -0.2) is 15.6 Å². The van der Waals surface area contributed by atoms with Crippen LogP contribution in [0, 0.1) is 0 Å². The lowest BCUT2D eigenvalue weighted by Gasteiger charge is -2.05. The van der Waals surface area contributed by atoms with Crippen LogP contribution in [-0.2, 0) is 6.54 Å². The number of hydrogen-bond donors (Lipinski definition) is 1. The number of rotatable bonds is 3. The van der Waals surface area contributed by atoms with Gasteiger partial charge in [-0.1, -0.05) is 23.5 Å². The van der Waals surface area contributed by atoms with Crippen LogP contribution >= 0.6 is 22.7 Å². The summed E-state index contributed by atoms with van der Waals surface area (Å²) in [4.78, 5) is 35.3. The van der Waals surface area contributed by atoms with Crippen molar-refractivity contribution < 1.29 is 9.90 Å². The summed E-state index contributed by atoms with van der Waals surface area (Å²) in [5, 5.41) is 11.2. The molecule has 1 aromatic carbocycles. The molecule has 0 amide bonds. The highest BCUT2D eigenvalue weighted by Crippen LogP contribution is 2.18. The zero-order chi connectivity index (χ0) is 15.0. The van der Waals surface area contributed by atoms with Gasteiger partial charge in [0.1, 0.15) is 4.88 Å². The van der Waals surface area contributed by atoms with Gasteiger partial charge in [0, 0.05) is 4.70 Å². The third-order valence-electron chi connectivity index (χ3n) is 3.05. The summed E-state index contributed by atoms with van der Waals surface area (Å²) in [6, 6.07) is 8.51. The Morgan fingerprint density at radius 3 is 2.71 bits per heavy atom. The fraction of sp³-hybridized carbons (Fsp3) is 0.0714. The van der Waals surface area contributed by atoms with E-state index in [-0.39, 0.29) is 16.3 Å². The highest BCUT2D eigenvalue weighted by atomic mass is 32.1. The molecule has 0 saturated heterocycles. The van der Waals surface area contributed by atoms with Crippen LogP contribution in [0.25, 0.3) is 10.1 Å². The molecule has 106 valence electrons. The quantitative estimate of drug-likeness (QED) is 0.803. The molecule has 0 aliphatic carbocycles. The van der Waals surface area contributed by atoms with E-state index in [9.17, 15) is 14.4 Å². The van der Waals surface area contributed by atoms with Gasteiger partial charge in [-0.3, -0.25) is 14.2 Å². The van der Waals surface area contributed by atoms with Crippen molar-refractivity contribution in [2.75, 3.05) is 0 Å². The first-order valence-electron chi connectivity index (χ1n) is 6.00. The lowest BCUT2D eigenvalue weighted by atomic mass is 10.2. The number of benzene rings is 1. The molecule has 21 heavy (non-hydrogen) atoms. The summed E-state index contributed by atoms with van der Waals surface area (Å²) in [5.74, 6) is -1.05. The van der Waals surface area contributed by atoms with Crippen LogP contribution in [0.1, 0.15) is 15.2 Å². The van der Waals surface area contributed by atoms with Crippen LogP contribution in [0.4, 0.5) is 0 Å². The monoisotopic (exact) mass is 319 g/mol. The van der Waals surface area contributed by atoms with Crippen molar-refractivity contribution in [1.82, 2.24) is 4.57 Å². The van der Waals surface area contributed by atoms with Crippen LogP contribution in [0.3, 0.4) is 0 Å².